The lowest BCUT2D eigenvalue weighted by Gasteiger charge is -2.08. The number of hydrogen-bond acceptors (Lipinski definition) is 6. The Kier molecular flexibility index (Phi) is 3.81. The summed E-state index contributed by atoms with van der Waals surface area (Å²) in [7, 11) is 0. The third-order valence-corrected chi connectivity index (χ3v) is 3.87. The monoisotopic (exact) mass is 337 g/mol. The van der Waals surface area contributed by atoms with Crippen LogP contribution in [0.3, 0.4) is 0 Å². The van der Waals surface area contributed by atoms with Crippen molar-refractivity contribution in [2.45, 2.75) is 25.3 Å². The maximum atomic E-state index is 12.1. The van der Waals surface area contributed by atoms with E-state index in [0.29, 0.717) is 17.6 Å². The van der Waals surface area contributed by atoms with Gasteiger partial charge < -0.3 is 5.32 Å². The van der Waals surface area contributed by atoms with Gasteiger partial charge in [0.1, 0.15) is 12.9 Å². The Morgan fingerprint density at radius 1 is 1.20 bits per heavy atom. The average molecular weight is 337 g/mol. The summed E-state index contributed by atoms with van der Waals surface area (Å²) in [5.41, 5.74) is 1.04. The number of amides is 1. The number of anilines is 1. The molecule has 0 bridgehead atoms. The van der Waals surface area contributed by atoms with E-state index in [0.717, 1.165) is 18.5 Å². The minimum Gasteiger partial charge on any atom is -0.322 e. The number of aromatic nitrogens is 6. The van der Waals surface area contributed by atoms with Gasteiger partial charge in [0.2, 0.25) is 11.9 Å². The molecular formula is C16H15N7O2. The van der Waals surface area contributed by atoms with Crippen molar-refractivity contribution in [2.75, 3.05) is 5.32 Å². The normalized spacial score (nSPS) is 13.6. The SMILES string of the molecule is O=C(Cn1cnc(C2CC2)cc1=O)Nc1cnc(-n2ccnc2)nc1. The molecule has 0 radical (unpaired) electrons. The lowest BCUT2D eigenvalue weighted by molar-refractivity contribution is -0.116. The van der Waals surface area contributed by atoms with E-state index in [-0.39, 0.29) is 18.0 Å². The topological polar surface area (TPSA) is 108 Å². The second-order valence-electron chi connectivity index (χ2n) is 5.84. The zero-order valence-corrected chi connectivity index (χ0v) is 13.2. The Balaban J connectivity index is 1.41. The molecule has 9 nitrogen and oxygen atoms in total. The van der Waals surface area contributed by atoms with E-state index in [1.54, 1.807) is 23.3 Å². The lowest BCUT2D eigenvalue weighted by Crippen LogP contribution is -2.27. The summed E-state index contributed by atoms with van der Waals surface area (Å²) >= 11 is 0. The number of nitrogens with zero attached hydrogens (tertiary/aromatic N) is 6. The predicted molar refractivity (Wildman–Crippen MR) is 88.3 cm³/mol. The molecule has 1 N–H and O–H groups in total. The zero-order valence-electron chi connectivity index (χ0n) is 13.2. The molecule has 25 heavy (non-hydrogen) atoms. The van der Waals surface area contributed by atoms with Gasteiger partial charge in [-0.3, -0.25) is 18.7 Å². The van der Waals surface area contributed by atoms with Gasteiger partial charge in [0.15, 0.2) is 0 Å². The van der Waals surface area contributed by atoms with Crippen LogP contribution in [0.25, 0.3) is 5.95 Å². The van der Waals surface area contributed by atoms with E-state index < -0.39 is 0 Å². The Labute approximate surface area is 142 Å². The maximum absolute atomic E-state index is 12.1. The van der Waals surface area contributed by atoms with Gasteiger partial charge in [-0.2, -0.15) is 0 Å². The fourth-order valence-electron chi connectivity index (χ4n) is 2.41. The third kappa shape index (κ3) is 3.44. The minimum atomic E-state index is -0.345. The standard InChI is InChI=1S/C16H15N7O2/c24-14(8-23-10-20-13(5-15(23)25)11-1-2-11)21-12-6-18-16(19-7-12)22-4-3-17-9-22/h3-7,9-11H,1-2,8H2,(H,21,24). The van der Waals surface area contributed by atoms with Gasteiger partial charge in [-0.05, 0) is 12.8 Å². The van der Waals surface area contributed by atoms with Gasteiger partial charge in [0.05, 0.1) is 30.1 Å². The maximum Gasteiger partial charge on any atom is 0.254 e. The molecule has 0 aliphatic heterocycles. The second kappa shape index (κ2) is 6.27. The van der Waals surface area contributed by atoms with E-state index in [4.69, 9.17) is 0 Å². The molecule has 3 aromatic heterocycles. The molecule has 1 amide bonds. The van der Waals surface area contributed by atoms with Crippen molar-refractivity contribution in [1.82, 2.24) is 29.1 Å². The van der Waals surface area contributed by atoms with Gasteiger partial charge in [-0.15, -0.1) is 0 Å². The van der Waals surface area contributed by atoms with E-state index >= 15 is 0 Å². The minimum absolute atomic E-state index is 0.111. The summed E-state index contributed by atoms with van der Waals surface area (Å²) in [6.07, 6.45) is 11.5. The quantitative estimate of drug-likeness (QED) is 0.735. The highest BCUT2D eigenvalue weighted by Gasteiger charge is 2.25. The predicted octanol–water partition coefficient (Wildman–Crippen LogP) is 0.735. The largest absolute Gasteiger partial charge is 0.322 e. The average Bonchev–Trinajstić information content (AvgIpc) is 3.32. The highest BCUT2D eigenvalue weighted by molar-refractivity contribution is 5.90. The van der Waals surface area contributed by atoms with Crippen LogP contribution in [0.4, 0.5) is 5.69 Å². The Bertz CT molecular complexity index is 943. The smallest absolute Gasteiger partial charge is 0.254 e. The van der Waals surface area contributed by atoms with Crippen LogP contribution in [0, 0.1) is 0 Å². The van der Waals surface area contributed by atoms with Crippen LogP contribution < -0.4 is 10.9 Å². The molecule has 126 valence electrons. The van der Waals surface area contributed by atoms with Crippen LogP contribution in [-0.4, -0.2) is 35.0 Å². The van der Waals surface area contributed by atoms with Crippen LogP contribution in [0.5, 0.6) is 0 Å². The lowest BCUT2D eigenvalue weighted by atomic mass is 10.3. The Morgan fingerprint density at radius 2 is 2.00 bits per heavy atom. The molecule has 0 atom stereocenters. The number of hydrogen-bond donors (Lipinski definition) is 1. The number of imidazole rings is 1. The molecule has 0 aromatic carbocycles. The molecule has 0 spiro atoms. The fraction of sp³-hybridized carbons (Fsp3) is 0.250. The van der Waals surface area contributed by atoms with Gasteiger partial charge in [0.25, 0.3) is 5.56 Å². The van der Waals surface area contributed by atoms with Crippen molar-refractivity contribution in [3.05, 3.63) is 59.6 Å². The van der Waals surface area contributed by atoms with Gasteiger partial charge in [-0.25, -0.2) is 19.9 Å². The number of rotatable bonds is 5. The molecule has 1 fully saturated rings. The second-order valence-corrected chi connectivity index (χ2v) is 5.84. The molecule has 3 aromatic rings. The summed E-state index contributed by atoms with van der Waals surface area (Å²) < 4.78 is 2.93. The first-order valence-electron chi connectivity index (χ1n) is 7.85. The summed E-state index contributed by atoms with van der Waals surface area (Å²) in [5, 5.41) is 2.66. The fourth-order valence-corrected chi connectivity index (χ4v) is 2.41. The number of carbonyl (C=O) groups excluding carboxylic acids is 1. The van der Waals surface area contributed by atoms with Crippen molar-refractivity contribution in [3.8, 4) is 5.95 Å². The van der Waals surface area contributed by atoms with Crippen LogP contribution >= 0.6 is 0 Å². The molecule has 0 unspecified atom stereocenters. The first kappa shape index (κ1) is 15.2. The number of carbonyl (C=O) groups is 1. The highest BCUT2D eigenvalue weighted by Crippen LogP contribution is 2.38. The van der Waals surface area contributed by atoms with Crippen LogP contribution in [0.1, 0.15) is 24.5 Å². The van der Waals surface area contributed by atoms with Gasteiger partial charge in [-0.1, -0.05) is 0 Å². The first-order chi connectivity index (χ1) is 12.2. The van der Waals surface area contributed by atoms with Gasteiger partial charge >= 0.3 is 0 Å². The first-order valence-corrected chi connectivity index (χ1v) is 7.85. The van der Waals surface area contributed by atoms with Crippen molar-refractivity contribution in [3.63, 3.8) is 0 Å². The van der Waals surface area contributed by atoms with Crippen molar-refractivity contribution in [2.24, 2.45) is 0 Å². The van der Waals surface area contributed by atoms with Crippen LogP contribution in [0.2, 0.25) is 0 Å². The molecule has 1 aliphatic rings. The molecule has 1 aliphatic carbocycles. The molecule has 0 saturated heterocycles. The Morgan fingerprint density at radius 3 is 2.64 bits per heavy atom. The summed E-state index contributed by atoms with van der Waals surface area (Å²) in [4.78, 5) is 40.6. The molecule has 9 heteroatoms. The van der Waals surface area contributed by atoms with Crippen LogP contribution in [-0.2, 0) is 11.3 Å². The molecular weight excluding hydrogens is 322 g/mol. The zero-order chi connectivity index (χ0) is 17.2. The Hall–Kier alpha value is -3.36. The molecule has 1 saturated carbocycles. The number of nitrogens with one attached hydrogen (secondary N) is 1. The highest BCUT2D eigenvalue weighted by atomic mass is 16.2. The van der Waals surface area contributed by atoms with E-state index in [9.17, 15) is 9.59 Å². The summed E-state index contributed by atoms with van der Waals surface area (Å²) in [5.74, 6) is 0.510. The van der Waals surface area contributed by atoms with Crippen molar-refractivity contribution < 1.29 is 4.79 Å². The van der Waals surface area contributed by atoms with Crippen molar-refractivity contribution >= 4 is 11.6 Å². The third-order valence-electron chi connectivity index (χ3n) is 3.87. The van der Waals surface area contributed by atoms with E-state index in [2.05, 4.69) is 25.3 Å². The van der Waals surface area contributed by atoms with Gasteiger partial charge in [0, 0.05) is 24.4 Å². The summed E-state index contributed by atoms with van der Waals surface area (Å²) in [6, 6.07) is 1.51. The van der Waals surface area contributed by atoms with E-state index in [1.165, 1.54) is 29.4 Å². The van der Waals surface area contributed by atoms with Crippen LogP contribution in [0.15, 0.2) is 48.3 Å². The summed E-state index contributed by atoms with van der Waals surface area (Å²) in [6.45, 7) is -0.111. The molecule has 4 rings (SSSR count). The van der Waals surface area contributed by atoms with E-state index in [1.807, 2.05) is 0 Å². The van der Waals surface area contributed by atoms with Crippen molar-refractivity contribution in [1.29, 1.82) is 0 Å². The molecule has 3 heterocycles.